The molecule has 0 spiro atoms. The van der Waals surface area contributed by atoms with E-state index >= 15 is 0 Å². The van der Waals surface area contributed by atoms with E-state index in [0.29, 0.717) is 6.54 Å². The van der Waals surface area contributed by atoms with Crippen LogP contribution in [-0.2, 0) is 0 Å². The van der Waals surface area contributed by atoms with Gasteiger partial charge in [0.25, 0.3) is 5.91 Å². The summed E-state index contributed by atoms with van der Waals surface area (Å²) < 4.78 is 13.3. The maximum absolute atomic E-state index is 13.3. The Hall–Kier alpha value is -1.82. The van der Waals surface area contributed by atoms with Crippen molar-refractivity contribution in [1.29, 1.82) is 0 Å². The first-order valence-electron chi connectivity index (χ1n) is 5.46. The van der Waals surface area contributed by atoms with Crippen molar-refractivity contribution < 1.29 is 9.18 Å². The molecule has 1 atom stereocenters. The third kappa shape index (κ3) is 2.89. The lowest BCUT2D eigenvalue weighted by atomic mass is 10.2. The third-order valence-electron chi connectivity index (χ3n) is 2.45. The van der Waals surface area contributed by atoms with E-state index in [0.717, 1.165) is 5.01 Å². The van der Waals surface area contributed by atoms with E-state index in [1.54, 1.807) is 6.20 Å². The van der Waals surface area contributed by atoms with E-state index in [9.17, 15) is 9.18 Å². The number of rotatable bonds is 4. The van der Waals surface area contributed by atoms with Gasteiger partial charge in [0.15, 0.2) is 0 Å². The van der Waals surface area contributed by atoms with Crippen molar-refractivity contribution in [3.05, 3.63) is 46.4 Å². The molecule has 0 aromatic carbocycles. The van der Waals surface area contributed by atoms with Crippen LogP contribution in [0.3, 0.4) is 0 Å². The van der Waals surface area contributed by atoms with Crippen LogP contribution in [0.4, 0.5) is 4.39 Å². The number of nitrogens with zero attached hydrogens (tertiary/aromatic N) is 2. The Bertz CT molecular complexity index is 530. The number of amides is 1. The van der Waals surface area contributed by atoms with Gasteiger partial charge in [0.2, 0.25) is 5.95 Å². The number of hydrogen-bond acceptors (Lipinski definition) is 4. The molecular formula is C12H12FN3OS. The number of hydrogen-bond donors (Lipinski definition) is 1. The van der Waals surface area contributed by atoms with Gasteiger partial charge in [-0.15, -0.1) is 11.3 Å². The van der Waals surface area contributed by atoms with Gasteiger partial charge in [-0.05, 0) is 12.1 Å². The predicted octanol–water partition coefficient (Wildman–Crippen LogP) is 2.21. The zero-order chi connectivity index (χ0) is 13.0. The number of pyridine rings is 1. The summed E-state index contributed by atoms with van der Waals surface area (Å²) in [6, 6.07) is 2.94. The molecule has 0 radical (unpaired) electrons. The summed E-state index contributed by atoms with van der Waals surface area (Å²) in [4.78, 5) is 19.3. The van der Waals surface area contributed by atoms with Gasteiger partial charge in [0.1, 0.15) is 0 Å². The van der Waals surface area contributed by atoms with Crippen molar-refractivity contribution in [1.82, 2.24) is 15.3 Å². The van der Waals surface area contributed by atoms with Crippen LogP contribution in [0.15, 0.2) is 29.9 Å². The smallest absolute Gasteiger partial charge is 0.255 e. The summed E-state index contributed by atoms with van der Waals surface area (Å²) in [6.45, 7) is 2.37. The average Bonchev–Trinajstić information content (AvgIpc) is 2.90. The fourth-order valence-corrected chi connectivity index (χ4v) is 2.16. The Labute approximate surface area is 108 Å². The van der Waals surface area contributed by atoms with Crippen LogP contribution in [0.1, 0.15) is 28.2 Å². The molecule has 2 heterocycles. The Morgan fingerprint density at radius 2 is 2.33 bits per heavy atom. The van der Waals surface area contributed by atoms with Crippen LogP contribution in [0.5, 0.6) is 0 Å². The molecule has 1 unspecified atom stereocenters. The van der Waals surface area contributed by atoms with Gasteiger partial charge >= 0.3 is 0 Å². The predicted molar refractivity (Wildman–Crippen MR) is 67.1 cm³/mol. The number of carbonyl (C=O) groups excluding carboxylic acids is 1. The molecule has 1 N–H and O–H groups in total. The van der Waals surface area contributed by atoms with E-state index in [1.165, 1.54) is 29.7 Å². The minimum Gasteiger partial charge on any atom is -0.351 e. The average molecular weight is 265 g/mol. The lowest BCUT2D eigenvalue weighted by Crippen LogP contribution is -2.28. The molecule has 94 valence electrons. The molecule has 0 saturated heterocycles. The fraction of sp³-hybridized carbons (Fsp3) is 0.250. The van der Waals surface area contributed by atoms with Gasteiger partial charge in [0, 0.05) is 30.2 Å². The summed E-state index contributed by atoms with van der Waals surface area (Å²) >= 11 is 1.53. The molecule has 2 aromatic heterocycles. The molecular weight excluding hydrogens is 253 g/mol. The first-order valence-corrected chi connectivity index (χ1v) is 6.34. The van der Waals surface area contributed by atoms with Crippen molar-refractivity contribution in [2.75, 3.05) is 6.54 Å². The molecule has 0 bridgehead atoms. The largest absolute Gasteiger partial charge is 0.351 e. The fourth-order valence-electron chi connectivity index (χ4n) is 1.46. The zero-order valence-electron chi connectivity index (χ0n) is 9.76. The third-order valence-corrected chi connectivity index (χ3v) is 3.45. The van der Waals surface area contributed by atoms with Gasteiger partial charge in [-0.1, -0.05) is 6.92 Å². The maximum Gasteiger partial charge on any atom is 0.255 e. The second-order valence-electron chi connectivity index (χ2n) is 3.82. The second-order valence-corrected chi connectivity index (χ2v) is 4.75. The van der Waals surface area contributed by atoms with Gasteiger partial charge in [-0.2, -0.15) is 4.39 Å². The molecule has 18 heavy (non-hydrogen) atoms. The highest BCUT2D eigenvalue weighted by atomic mass is 32.1. The molecule has 0 aliphatic carbocycles. The van der Waals surface area contributed by atoms with Crippen molar-refractivity contribution >= 4 is 17.2 Å². The number of carbonyl (C=O) groups is 1. The van der Waals surface area contributed by atoms with Crippen LogP contribution < -0.4 is 5.32 Å². The van der Waals surface area contributed by atoms with Crippen molar-refractivity contribution in [2.45, 2.75) is 12.8 Å². The van der Waals surface area contributed by atoms with Crippen LogP contribution in [0, 0.1) is 5.95 Å². The molecule has 4 nitrogen and oxygen atoms in total. The summed E-state index contributed by atoms with van der Waals surface area (Å²) in [6.07, 6.45) is 3.03. The van der Waals surface area contributed by atoms with Crippen molar-refractivity contribution in [3.63, 3.8) is 0 Å². The summed E-state index contributed by atoms with van der Waals surface area (Å²) in [5, 5.41) is 5.51. The monoisotopic (exact) mass is 265 g/mol. The Kier molecular flexibility index (Phi) is 3.99. The zero-order valence-corrected chi connectivity index (χ0v) is 10.6. The highest BCUT2D eigenvalue weighted by Crippen LogP contribution is 2.16. The number of thiazole rings is 1. The SMILES string of the molecule is CC(CNC(=O)c1cccnc1F)c1nccs1. The highest BCUT2D eigenvalue weighted by Gasteiger charge is 2.14. The van der Waals surface area contributed by atoms with Crippen LogP contribution in [0.2, 0.25) is 0 Å². The normalized spacial score (nSPS) is 12.1. The molecule has 0 fully saturated rings. The topological polar surface area (TPSA) is 54.9 Å². The Morgan fingerprint density at radius 3 is 3.00 bits per heavy atom. The molecule has 0 aliphatic heterocycles. The van der Waals surface area contributed by atoms with Gasteiger partial charge in [0.05, 0.1) is 10.6 Å². The van der Waals surface area contributed by atoms with E-state index in [-0.39, 0.29) is 11.5 Å². The molecule has 1 amide bonds. The van der Waals surface area contributed by atoms with Crippen molar-refractivity contribution in [3.8, 4) is 0 Å². The lowest BCUT2D eigenvalue weighted by molar-refractivity contribution is 0.0946. The Balaban J connectivity index is 1.95. The first kappa shape index (κ1) is 12.6. The van der Waals surface area contributed by atoms with Gasteiger partial charge in [-0.25, -0.2) is 9.97 Å². The number of aromatic nitrogens is 2. The second kappa shape index (κ2) is 5.68. The van der Waals surface area contributed by atoms with E-state index < -0.39 is 11.9 Å². The summed E-state index contributed by atoms with van der Waals surface area (Å²) in [5.74, 6) is -1.10. The molecule has 6 heteroatoms. The first-order chi connectivity index (χ1) is 8.68. The highest BCUT2D eigenvalue weighted by molar-refractivity contribution is 7.09. The van der Waals surface area contributed by atoms with Crippen molar-refractivity contribution in [2.24, 2.45) is 0 Å². The summed E-state index contributed by atoms with van der Waals surface area (Å²) in [7, 11) is 0. The number of nitrogens with one attached hydrogen (secondary N) is 1. The molecule has 2 rings (SSSR count). The van der Waals surface area contributed by atoms with Crippen LogP contribution in [-0.4, -0.2) is 22.4 Å². The van der Waals surface area contributed by atoms with Gasteiger partial charge < -0.3 is 5.32 Å². The standard InChI is InChI=1S/C12H12FN3OS/c1-8(12-15-5-6-18-12)7-16-11(17)9-3-2-4-14-10(9)13/h2-6,8H,7H2,1H3,(H,16,17). The molecule has 2 aromatic rings. The maximum atomic E-state index is 13.3. The van der Waals surface area contributed by atoms with E-state index in [4.69, 9.17) is 0 Å². The van der Waals surface area contributed by atoms with E-state index in [2.05, 4.69) is 15.3 Å². The van der Waals surface area contributed by atoms with Crippen LogP contribution in [0.25, 0.3) is 0 Å². The van der Waals surface area contributed by atoms with E-state index in [1.807, 2.05) is 12.3 Å². The lowest BCUT2D eigenvalue weighted by Gasteiger charge is -2.10. The Morgan fingerprint density at radius 1 is 1.50 bits per heavy atom. The molecule has 0 saturated carbocycles. The quantitative estimate of drug-likeness (QED) is 0.862. The number of halogens is 1. The minimum atomic E-state index is -0.753. The van der Waals surface area contributed by atoms with Crippen LogP contribution >= 0.6 is 11.3 Å². The minimum absolute atomic E-state index is 0.0381. The van der Waals surface area contributed by atoms with Gasteiger partial charge in [-0.3, -0.25) is 4.79 Å². The molecule has 0 aliphatic rings. The summed E-state index contributed by atoms with van der Waals surface area (Å²) in [5.41, 5.74) is -0.0381.